The number of hydrogen-bond donors (Lipinski definition) is 0. The minimum atomic E-state index is -4.74. The number of hydrogen-bond acceptors (Lipinski definition) is 6. The van der Waals surface area contributed by atoms with Gasteiger partial charge in [0.25, 0.3) is 0 Å². The Kier molecular flexibility index (Phi) is 5.22. The molecule has 11 heteroatoms. The minimum Gasteiger partial charge on any atom is -0.440 e. The molecular formula is C16H16F3N3O5. The fraction of sp³-hybridized carbons (Fsp3) is 0.438. The zero-order valence-electron chi connectivity index (χ0n) is 14.2. The van der Waals surface area contributed by atoms with Gasteiger partial charge in [0.15, 0.2) is 0 Å². The summed E-state index contributed by atoms with van der Waals surface area (Å²) in [6.07, 6.45) is -3.59. The van der Waals surface area contributed by atoms with Crippen molar-refractivity contribution in [1.82, 2.24) is 9.55 Å². The number of aromatic nitrogens is 2. The van der Waals surface area contributed by atoms with E-state index in [4.69, 9.17) is 9.47 Å². The number of imidazole rings is 1. The molecule has 1 aliphatic heterocycles. The molecule has 0 spiro atoms. The summed E-state index contributed by atoms with van der Waals surface area (Å²) >= 11 is 0. The zero-order valence-corrected chi connectivity index (χ0v) is 14.2. The topological polar surface area (TPSA) is 88.7 Å². The van der Waals surface area contributed by atoms with Crippen LogP contribution in [0.1, 0.15) is 18.9 Å². The van der Waals surface area contributed by atoms with E-state index in [1.807, 2.05) is 6.92 Å². The van der Waals surface area contributed by atoms with Gasteiger partial charge in [-0.1, -0.05) is 19.1 Å². The SMILES string of the molecule is CC[C@H]1Oc2nc([N+](=O)[O-])cn2C[C@@H]1OCc1ccc(OC(F)(F)F)cc1. The third kappa shape index (κ3) is 4.67. The van der Waals surface area contributed by atoms with Crippen molar-refractivity contribution < 1.29 is 32.3 Å². The van der Waals surface area contributed by atoms with Crippen molar-refractivity contribution in [2.45, 2.75) is 45.1 Å². The van der Waals surface area contributed by atoms with E-state index < -0.39 is 11.3 Å². The van der Waals surface area contributed by atoms with Crippen LogP contribution in [0.2, 0.25) is 0 Å². The molecule has 8 nitrogen and oxygen atoms in total. The zero-order chi connectivity index (χ0) is 19.6. The second kappa shape index (κ2) is 7.43. The van der Waals surface area contributed by atoms with E-state index in [2.05, 4.69) is 9.72 Å². The van der Waals surface area contributed by atoms with Gasteiger partial charge in [-0.15, -0.1) is 13.2 Å². The molecule has 0 bridgehead atoms. The van der Waals surface area contributed by atoms with Crippen LogP contribution in [-0.4, -0.2) is 33.0 Å². The summed E-state index contributed by atoms with van der Waals surface area (Å²) in [6.45, 7) is 2.35. The normalized spacial score (nSPS) is 19.3. The Morgan fingerprint density at radius 1 is 1.37 bits per heavy atom. The molecule has 0 fully saturated rings. The molecule has 1 aromatic carbocycles. The summed E-state index contributed by atoms with van der Waals surface area (Å²) in [4.78, 5) is 14.1. The number of fused-ring (bicyclic) bond motifs is 1. The molecule has 0 N–H and O–H groups in total. The Hall–Kier alpha value is -2.82. The number of ether oxygens (including phenoxy) is 3. The Balaban J connectivity index is 1.63. The summed E-state index contributed by atoms with van der Waals surface area (Å²) in [6, 6.07) is 5.52. The van der Waals surface area contributed by atoms with Crippen LogP contribution in [0.4, 0.5) is 19.0 Å². The molecule has 2 atom stereocenters. The molecule has 0 saturated carbocycles. The average Bonchev–Trinajstić information content (AvgIpc) is 3.02. The second-order valence-corrected chi connectivity index (χ2v) is 5.90. The molecule has 0 unspecified atom stereocenters. The highest BCUT2D eigenvalue weighted by Crippen LogP contribution is 2.28. The molecule has 146 valence electrons. The Bertz CT molecular complexity index is 807. The predicted octanol–water partition coefficient (Wildman–Crippen LogP) is 3.45. The smallest absolute Gasteiger partial charge is 0.440 e. The van der Waals surface area contributed by atoms with Gasteiger partial charge in [-0.25, -0.2) is 0 Å². The number of alkyl halides is 3. The van der Waals surface area contributed by atoms with Gasteiger partial charge in [-0.05, 0) is 29.0 Å². The highest BCUT2D eigenvalue weighted by atomic mass is 19.4. The van der Waals surface area contributed by atoms with Crippen LogP contribution in [0.3, 0.4) is 0 Å². The lowest BCUT2D eigenvalue weighted by Crippen LogP contribution is -2.41. The van der Waals surface area contributed by atoms with E-state index in [1.54, 1.807) is 0 Å². The quantitative estimate of drug-likeness (QED) is 0.557. The first-order valence-electron chi connectivity index (χ1n) is 8.09. The maximum absolute atomic E-state index is 12.2. The average molecular weight is 387 g/mol. The third-order valence-corrected chi connectivity index (χ3v) is 3.99. The van der Waals surface area contributed by atoms with Crippen LogP contribution in [0.5, 0.6) is 11.8 Å². The summed E-state index contributed by atoms with van der Waals surface area (Å²) in [5.74, 6) is -0.616. The standard InChI is InChI=1S/C16H16F3N3O5/c1-2-12-13(7-21-8-14(22(23)24)20-15(21)26-12)25-9-10-3-5-11(6-4-10)27-16(17,18)19/h3-6,8,12-13H,2,7,9H2,1H3/t12-,13+/m1/s1. The maximum Gasteiger partial charge on any atom is 0.573 e. The van der Waals surface area contributed by atoms with Crippen LogP contribution < -0.4 is 9.47 Å². The summed E-state index contributed by atoms with van der Waals surface area (Å²) in [5, 5.41) is 10.8. The molecular weight excluding hydrogens is 371 g/mol. The molecule has 27 heavy (non-hydrogen) atoms. The van der Waals surface area contributed by atoms with E-state index in [0.29, 0.717) is 18.5 Å². The number of nitro groups is 1. The molecule has 0 radical (unpaired) electrons. The largest absolute Gasteiger partial charge is 0.573 e. The Morgan fingerprint density at radius 2 is 2.07 bits per heavy atom. The van der Waals surface area contributed by atoms with Gasteiger partial charge >= 0.3 is 18.2 Å². The number of benzene rings is 1. The minimum absolute atomic E-state index is 0.142. The van der Waals surface area contributed by atoms with Crippen LogP contribution in [0, 0.1) is 10.1 Å². The highest BCUT2D eigenvalue weighted by Gasteiger charge is 2.35. The summed E-state index contributed by atoms with van der Waals surface area (Å²) in [5.41, 5.74) is 0.654. The van der Waals surface area contributed by atoms with Gasteiger partial charge in [0.2, 0.25) is 0 Å². The monoisotopic (exact) mass is 387 g/mol. The van der Waals surface area contributed by atoms with Crippen LogP contribution >= 0.6 is 0 Å². The van der Waals surface area contributed by atoms with E-state index >= 15 is 0 Å². The van der Waals surface area contributed by atoms with Crippen molar-refractivity contribution in [2.24, 2.45) is 0 Å². The third-order valence-electron chi connectivity index (χ3n) is 3.99. The first kappa shape index (κ1) is 19.0. The molecule has 1 aliphatic rings. The van der Waals surface area contributed by atoms with Crippen molar-refractivity contribution >= 4 is 5.82 Å². The van der Waals surface area contributed by atoms with Crippen LogP contribution in [0.25, 0.3) is 0 Å². The van der Waals surface area contributed by atoms with E-state index in [9.17, 15) is 23.3 Å². The maximum atomic E-state index is 12.2. The highest BCUT2D eigenvalue weighted by molar-refractivity contribution is 5.27. The van der Waals surface area contributed by atoms with E-state index in [-0.39, 0.29) is 36.4 Å². The number of halogens is 3. The Morgan fingerprint density at radius 3 is 2.67 bits per heavy atom. The van der Waals surface area contributed by atoms with E-state index in [1.165, 1.54) is 35.0 Å². The lowest BCUT2D eigenvalue weighted by molar-refractivity contribution is -0.389. The van der Waals surface area contributed by atoms with Gasteiger partial charge in [0.1, 0.15) is 24.2 Å². The summed E-state index contributed by atoms with van der Waals surface area (Å²) in [7, 11) is 0. The molecule has 3 rings (SSSR count). The predicted molar refractivity (Wildman–Crippen MR) is 85.3 cm³/mol. The van der Waals surface area contributed by atoms with Crippen molar-refractivity contribution in [2.75, 3.05) is 0 Å². The lowest BCUT2D eigenvalue weighted by Gasteiger charge is -2.30. The number of nitrogens with zero attached hydrogens (tertiary/aromatic N) is 3. The van der Waals surface area contributed by atoms with Crippen molar-refractivity contribution in [3.05, 3.63) is 46.1 Å². The molecule has 2 aromatic rings. The molecule has 0 saturated heterocycles. The fourth-order valence-corrected chi connectivity index (χ4v) is 2.72. The Labute approximate surface area is 151 Å². The van der Waals surface area contributed by atoms with Crippen molar-refractivity contribution in [1.29, 1.82) is 0 Å². The molecule has 0 amide bonds. The summed E-state index contributed by atoms with van der Waals surface area (Å²) < 4.78 is 53.4. The number of rotatable bonds is 6. The second-order valence-electron chi connectivity index (χ2n) is 5.90. The van der Waals surface area contributed by atoms with Crippen molar-refractivity contribution in [3.63, 3.8) is 0 Å². The van der Waals surface area contributed by atoms with Gasteiger partial charge in [-0.2, -0.15) is 0 Å². The first-order chi connectivity index (χ1) is 12.7. The van der Waals surface area contributed by atoms with E-state index in [0.717, 1.165) is 0 Å². The fourth-order valence-electron chi connectivity index (χ4n) is 2.72. The van der Waals surface area contributed by atoms with Gasteiger partial charge < -0.3 is 24.3 Å². The molecule has 1 aromatic heterocycles. The molecule has 2 heterocycles. The van der Waals surface area contributed by atoms with Gasteiger partial charge in [0.05, 0.1) is 13.2 Å². The van der Waals surface area contributed by atoms with Gasteiger partial charge in [0, 0.05) is 4.98 Å². The van der Waals surface area contributed by atoms with Crippen LogP contribution in [-0.2, 0) is 17.9 Å². The molecule has 0 aliphatic carbocycles. The lowest BCUT2D eigenvalue weighted by atomic mass is 10.1. The first-order valence-corrected chi connectivity index (χ1v) is 8.09. The van der Waals surface area contributed by atoms with Crippen LogP contribution in [0.15, 0.2) is 30.5 Å². The van der Waals surface area contributed by atoms with Crippen molar-refractivity contribution in [3.8, 4) is 11.8 Å². The van der Waals surface area contributed by atoms with Gasteiger partial charge in [-0.3, -0.25) is 4.57 Å².